The van der Waals surface area contributed by atoms with E-state index in [4.69, 9.17) is 0 Å². The second-order valence-corrected chi connectivity index (χ2v) is 6.37. The van der Waals surface area contributed by atoms with E-state index in [0.717, 1.165) is 22.4 Å². The number of allylic oxidation sites excluding steroid dienone is 1. The summed E-state index contributed by atoms with van der Waals surface area (Å²) in [5.41, 5.74) is 6.67. The van der Waals surface area contributed by atoms with E-state index in [1.165, 1.54) is 23.5 Å². The summed E-state index contributed by atoms with van der Waals surface area (Å²) >= 11 is 1.42. The molecule has 1 aromatic heterocycles. The summed E-state index contributed by atoms with van der Waals surface area (Å²) in [4.78, 5) is 14.7. The highest BCUT2D eigenvalue weighted by Crippen LogP contribution is 2.26. The predicted octanol–water partition coefficient (Wildman–Crippen LogP) is 5.22. The maximum absolute atomic E-state index is 10.7. The summed E-state index contributed by atoms with van der Waals surface area (Å²) in [6.45, 7) is 1.97. The van der Waals surface area contributed by atoms with Crippen LogP contribution in [-0.4, -0.2) is 16.1 Å². The summed E-state index contributed by atoms with van der Waals surface area (Å²) < 4.78 is 0. The Morgan fingerprint density at radius 1 is 1.19 bits per heavy atom. The molecular weight excluding hydrogens is 348 g/mol. The Morgan fingerprint density at radius 2 is 1.92 bits per heavy atom. The van der Waals surface area contributed by atoms with Crippen LogP contribution in [0.1, 0.15) is 12.5 Å². The molecule has 3 rings (SSSR count). The van der Waals surface area contributed by atoms with Crippen LogP contribution in [-0.2, 0) is 0 Å². The van der Waals surface area contributed by atoms with Gasteiger partial charge in [-0.25, -0.2) is 4.98 Å². The zero-order valence-electron chi connectivity index (χ0n) is 14.0. The van der Waals surface area contributed by atoms with Gasteiger partial charge in [0.25, 0.3) is 5.69 Å². The lowest BCUT2D eigenvalue weighted by molar-refractivity contribution is -0.384. The van der Waals surface area contributed by atoms with Gasteiger partial charge in [-0.1, -0.05) is 36.4 Å². The first kappa shape index (κ1) is 17.5. The topological polar surface area (TPSA) is 80.4 Å². The molecule has 26 heavy (non-hydrogen) atoms. The number of nitro groups is 1. The average molecular weight is 364 g/mol. The molecule has 1 heterocycles. The van der Waals surface area contributed by atoms with Gasteiger partial charge in [-0.3, -0.25) is 15.5 Å². The Labute approximate surface area is 154 Å². The van der Waals surface area contributed by atoms with Crippen molar-refractivity contribution in [2.24, 2.45) is 5.10 Å². The van der Waals surface area contributed by atoms with Crippen LogP contribution in [0, 0.1) is 10.1 Å². The van der Waals surface area contributed by atoms with Crippen LogP contribution in [0.25, 0.3) is 17.3 Å². The number of hydrogen-bond donors (Lipinski definition) is 1. The zero-order valence-corrected chi connectivity index (χ0v) is 14.8. The van der Waals surface area contributed by atoms with Crippen LogP contribution >= 0.6 is 11.3 Å². The molecule has 0 aliphatic rings. The average Bonchev–Trinajstić information content (AvgIpc) is 3.11. The number of benzene rings is 2. The van der Waals surface area contributed by atoms with Crippen LogP contribution in [0.4, 0.5) is 10.8 Å². The van der Waals surface area contributed by atoms with Crippen molar-refractivity contribution < 1.29 is 4.92 Å². The van der Waals surface area contributed by atoms with E-state index in [2.05, 4.69) is 15.5 Å². The fourth-order valence-corrected chi connectivity index (χ4v) is 2.92. The molecule has 0 atom stereocenters. The number of nitrogens with one attached hydrogen (secondary N) is 1. The molecule has 0 fully saturated rings. The molecule has 2 aromatic carbocycles. The van der Waals surface area contributed by atoms with Crippen LogP contribution in [0.5, 0.6) is 0 Å². The smallest absolute Gasteiger partial charge is 0.258 e. The lowest BCUT2D eigenvalue weighted by Gasteiger charge is -1.97. The minimum Gasteiger partial charge on any atom is -0.258 e. The number of nitro benzene ring substituents is 1. The maximum atomic E-state index is 10.7. The molecule has 0 spiro atoms. The van der Waals surface area contributed by atoms with Crippen LogP contribution in [0.2, 0.25) is 0 Å². The van der Waals surface area contributed by atoms with Crippen molar-refractivity contribution >= 4 is 34.4 Å². The Bertz CT molecular complexity index is 947. The van der Waals surface area contributed by atoms with Gasteiger partial charge < -0.3 is 0 Å². The molecular formula is C19H16N4O2S. The van der Waals surface area contributed by atoms with Crippen molar-refractivity contribution in [1.29, 1.82) is 0 Å². The number of hydrogen-bond acceptors (Lipinski definition) is 6. The molecule has 7 heteroatoms. The van der Waals surface area contributed by atoms with Gasteiger partial charge in [0, 0.05) is 23.1 Å². The van der Waals surface area contributed by atoms with Gasteiger partial charge in [0.2, 0.25) is 5.13 Å². The van der Waals surface area contributed by atoms with Crippen LogP contribution < -0.4 is 5.43 Å². The maximum Gasteiger partial charge on any atom is 0.269 e. The van der Waals surface area contributed by atoms with Crippen molar-refractivity contribution in [3.63, 3.8) is 0 Å². The van der Waals surface area contributed by atoms with E-state index in [1.807, 2.05) is 48.7 Å². The Hall–Kier alpha value is -3.32. The summed E-state index contributed by atoms with van der Waals surface area (Å²) in [5.74, 6) is 0. The van der Waals surface area contributed by atoms with Crippen LogP contribution in [0.15, 0.2) is 70.7 Å². The fourth-order valence-electron chi connectivity index (χ4n) is 2.25. The highest BCUT2D eigenvalue weighted by Gasteiger charge is 2.07. The third kappa shape index (κ3) is 4.61. The molecule has 0 saturated heterocycles. The summed E-state index contributed by atoms with van der Waals surface area (Å²) in [6.07, 6.45) is 3.77. The standard InChI is InChI=1S/C19H16N4O2S/c1-14(11-15-5-3-2-4-6-15)12-20-22-19-21-18(13-26-19)16-7-9-17(10-8-16)23(24)25/h2-13H,1H3,(H,21,22)/b14-11+,20-12?. The van der Waals surface area contributed by atoms with Crippen molar-refractivity contribution in [2.45, 2.75) is 6.92 Å². The Morgan fingerprint density at radius 3 is 2.62 bits per heavy atom. The van der Waals surface area contributed by atoms with Gasteiger partial charge in [-0.15, -0.1) is 11.3 Å². The van der Waals surface area contributed by atoms with Gasteiger partial charge in [0.15, 0.2) is 0 Å². The molecule has 0 aliphatic carbocycles. The first-order chi connectivity index (χ1) is 12.6. The second-order valence-electron chi connectivity index (χ2n) is 5.51. The van der Waals surface area contributed by atoms with E-state index in [0.29, 0.717) is 5.13 Å². The van der Waals surface area contributed by atoms with Crippen molar-refractivity contribution in [3.05, 3.63) is 81.2 Å². The van der Waals surface area contributed by atoms with Gasteiger partial charge in [0.1, 0.15) is 0 Å². The number of rotatable bonds is 6. The molecule has 0 radical (unpaired) electrons. The number of non-ortho nitro benzene ring substituents is 1. The lowest BCUT2D eigenvalue weighted by atomic mass is 10.1. The Kier molecular flexibility index (Phi) is 5.50. The van der Waals surface area contributed by atoms with E-state index in [1.54, 1.807) is 18.3 Å². The number of thiazole rings is 1. The van der Waals surface area contributed by atoms with E-state index >= 15 is 0 Å². The van der Waals surface area contributed by atoms with Crippen molar-refractivity contribution in [3.8, 4) is 11.3 Å². The summed E-state index contributed by atoms with van der Waals surface area (Å²) in [6, 6.07) is 16.3. The molecule has 0 unspecified atom stereocenters. The van der Waals surface area contributed by atoms with Gasteiger partial charge in [-0.2, -0.15) is 5.10 Å². The molecule has 3 aromatic rings. The van der Waals surface area contributed by atoms with Crippen molar-refractivity contribution in [2.75, 3.05) is 5.43 Å². The molecule has 0 saturated carbocycles. The minimum absolute atomic E-state index is 0.0626. The highest BCUT2D eigenvalue weighted by molar-refractivity contribution is 7.14. The minimum atomic E-state index is -0.419. The van der Waals surface area contributed by atoms with Gasteiger partial charge in [-0.05, 0) is 30.2 Å². The third-order valence-corrected chi connectivity index (χ3v) is 4.25. The zero-order chi connectivity index (χ0) is 18.4. The first-order valence-corrected chi connectivity index (χ1v) is 8.72. The molecule has 0 amide bonds. The normalized spacial score (nSPS) is 11.7. The van der Waals surface area contributed by atoms with Crippen LogP contribution in [0.3, 0.4) is 0 Å². The SMILES string of the molecule is C/C(C=NNc1nc(-c2ccc([N+](=O)[O-])cc2)cs1)=C\c1ccccc1. The monoisotopic (exact) mass is 364 g/mol. The third-order valence-electron chi connectivity index (χ3n) is 3.50. The highest BCUT2D eigenvalue weighted by atomic mass is 32.1. The van der Waals surface area contributed by atoms with Crippen molar-refractivity contribution in [1.82, 2.24) is 4.98 Å². The van der Waals surface area contributed by atoms with Gasteiger partial charge in [0.05, 0.1) is 16.8 Å². The second kappa shape index (κ2) is 8.17. The number of anilines is 1. The Balaban J connectivity index is 1.63. The number of aromatic nitrogens is 1. The predicted molar refractivity (Wildman–Crippen MR) is 106 cm³/mol. The fraction of sp³-hybridized carbons (Fsp3) is 0.0526. The quantitative estimate of drug-likeness (QED) is 0.369. The summed E-state index contributed by atoms with van der Waals surface area (Å²) in [7, 11) is 0. The van der Waals surface area contributed by atoms with Gasteiger partial charge >= 0.3 is 0 Å². The summed E-state index contributed by atoms with van der Waals surface area (Å²) in [5, 5.41) is 17.4. The molecule has 6 nitrogen and oxygen atoms in total. The number of hydrazone groups is 1. The van der Waals surface area contributed by atoms with E-state index in [9.17, 15) is 10.1 Å². The molecule has 1 N–H and O–H groups in total. The van der Waals surface area contributed by atoms with E-state index < -0.39 is 4.92 Å². The lowest BCUT2D eigenvalue weighted by Crippen LogP contribution is -1.90. The first-order valence-electron chi connectivity index (χ1n) is 7.84. The molecule has 0 aliphatic heterocycles. The number of nitrogens with zero attached hydrogens (tertiary/aromatic N) is 3. The molecule has 0 bridgehead atoms. The largest absolute Gasteiger partial charge is 0.269 e. The molecule has 130 valence electrons. The van der Waals surface area contributed by atoms with E-state index in [-0.39, 0.29) is 5.69 Å².